The fraction of sp³-hybridized carbons (Fsp3) is 0.250. The number of rotatable bonds is 3. The van der Waals surface area contributed by atoms with Gasteiger partial charge in [0.2, 0.25) is 0 Å². The highest BCUT2D eigenvalue weighted by Gasteiger charge is 1.86. The van der Waals surface area contributed by atoms with E-state index in [1.54, 1.807) is 0 Å². The Morgan fingerprint density at radius 1 is 1.18 bits per heavy atom. The van der Waals surface area contributed by atoms with Crippen LogP contribution in [0.3, 0.4) is 0 Å². The van der Waals surface area contributed by atoms with Crippen LogP contribution in [0.1, 0.15) is 0 Å². The van der Waals surface area contributed by atoms with Crippen molar-refractivity contribution < 1.29 is 4.74 Å². The van der Waals surface area contributed by atoms with E-state index in [9.17, 15) is 0 Å². The minimum Gasteiger partial charge on any atom is -0.492 e. The van der Waals surface area contributed by atoms with Crippen molar-refractivity contribution in [2.24, 2.45) is 5.73 Å². The van der Waals surface area contributed by atoms with Gasteiger partial charge in [-0.15, -0.1) is 24.0 Å². The van der Waals surface area contributed by atoms with E-state index in [0.29, 0.717) is 13.2 Å². The number of hydrogen-bond donors (Lipinski definition) is 1. The average Bonchev–Trinajstić information content (AvgIpc) is 2.03. The van der Waals surface area contributed by atoms with Gasteiger partial charge >= 0.3 is 0 Å². The fourth-order valence-corrected chi connectivity index (χ4v) is 0.693. The molecule has 0 unspecified atom stereocenters. The Morgan fingerprint density at radius 2 is 1.82 bits per heavy atom. The molecule has 1 aromatic carbocycles. The van der Waals surface area contributed by atoms with Crippen LogP contribution < -0.4 is 10.5 Å². The van der Waals surface area contributed by atoms with E-state index in [2.05, 4.69) is 0 Å². The molecular formula is C8H12INO. The van der Waals surface area contributed by atoms with E-state index >= 15 is 0 Å². The predicted molar refractivity (Wildman–Crippen MR) is 56.4 cm³/mol. The lowest BCUT2D eigenvalue weighted by atomic mass is 10.3. The first-order valence-electron chi connectivity index (χ1n) is 3.31. The number of para-hydroxylation sites is 1. The maximum atomic E-state index is 5.25. The third-order valence-electron chi connectivity index (χ3n) is 1.13. The van der Waals surface area contributed by atoms with Crippen molar-refractivity contribution in [1.82, 2.24) is 0 Å². The molecule has 0 saturated heterocycles. The predicted octanol–water partition coefficient (Wildman–Crippen LogP) is 1.64. The molecule has 1 rings (SSSR count). The van der Waals surface area contributed by atoms with Gasteiger partial charge < -0.3 is 10.5 Å². The van der Waals surface area contributed by atoms with Crippen LogP contribution >= 0.6 is 24.0 Å². The van der Waals surface area contributed by atoms with Gasteiger partial charge in [0.1, 0.15) is 12.4 Å². The topological polar surface area (TPSA) is 35.2 Å². The molecule has 0 radical (unpaired) electrons. The Kier molecular flexibility index (Phi) is 6.25. The van der Waals surface area contributed by atoms with E-state index in [4.69, 9.17) is 10.5 Å². The first-order valence-corrected chi connectivity index (χ1v) is 3.31. The van der Waals surface area contributed by atoms with Crippen LogP contribution in [0.5, 0.6) is 5.75 Å². The van der Waals surface area contributed by atoms with Crippen molar-refractivity contribution >= 4 is 24.0 Å². The monoisotopic (exact) mass is 265 g/mol. The SMILES string of the molecule is I.NCCOc1ccccc1. The molecule has 0 amide bonds. The van der Waals surface area contributed by atoms with Gasteiger partial charge in [0, 0.05) is 6.54 Å². The Labute approximate surface area is 83.8 Å². The highest BCUT2D eigenvalue weighted by molar-refractivity contribution is 14.0. The first kappa shape index (κ1) is 10.7. The second-order valence-electron chi connectivity index (χ2n) is 1.95. The normalized spacial score (nSPS) is 8.45. The van der Waals surface area contributed by atoms with E-state index in [1.165, 1.54) is 0 Å². The summed E-state index contributed by atoms with van der Waals surface area (Å²) < 4.78 is 5.23. The highest BCUT2D eigenvalue weighted by Crippen LogP contribution is 2.06. The molecule has 0 heterocycles. The van der Waals surface area contributed by atoms with Gasteiger partial charge in [0.25, 0.3) is 0 Å². The second-order valence-corrected chi connectivity index (χ2v) is 1.95. The van der Waals surface area contributed by atoms with Crippen molar-refractivity contribution in [2.75, 3.05) is 13.2 Å². The molecule has 0 spiro atoms. The van der Waals surface area contributed by atoms with Gasteiger partial charge in [-0.1, -0.05) is 18.2 Å². The average molecular weight is 265 g/mol. The van der Waals surface area contributed by atoms with E-state index in [1.807, 2.05) is 30.3 Å². The maximum Gasteiger partial charge on any atom is 0.119 e. The van der Waals surface area contributed by atoms with Crippen molar-refractivity contribution in [3.8, 4) is 5.75 Å². The number of hydrogen-bond acceptors (Lipinski definition) is 2. The summed E-state index contributed by atoms with van der Waals surface area (Å²) in [6, 6.07) is 9.65. The quantitative estimate of drug-likeness (QED) is 0.843. The van der Waals surface area contributed by atoms with Crippen LogP contribution in [0, 0.1) is 0 Å². The number of ether oxygens (including phenoxy) is 1. The summed E-state index contributed by atoms with van der Waals surface area (Å²) in [7, 11) is 0. The second kappa shape index (κ2) is 6.42. The summed E-state index contributed by atoms with van der Waals surface area (Å²) in [6.07, 6.45) is 0. The molecule has 1 aromatic rings. The van der Waals surface area contributed by atoms with Crippen LogP contribution in [-0.4, -0.2) is 13.2 Å². The standard InChI is InChI=1S/C8H11NO.HI/c9-6-7-10-8-4-2-1-3-5-8;/h1-5H,6-7,9H2;1H. The van der Waals surface area contributed by atoms with Gasteiger partial charge in [0.05, 0.1) is 0 Å². The molecule has 0 aliphatic carbocycles. The van der Waals surface area contributed by atoms with Crippen molar-refractivity contribution in [3.63, 3.8) is 0 Å². The van der Waals surface area contributed by atoms with E-state index in [0.717, 1.165) is 5.75 Å². The zero-order chi connectivity index (χ0) is 7.23. The summed E-state index contributed by atoms with van der Waals surface area (Å²) >= 11 is 0. The zero-order valence-corrected chi connectivity index (χ0v) is 8.53. The summed E-state index contributed by atoms with van der Waals surface area (Å²) in [6.45, 7) is 1.15. The first-order chi connectivity index (χ1) is 4.93. The van der Waals surface area contributed by atoms with E-state index in [-0.39, 0.29) is 24.0 Å². The lowest BCUT2D eigenvalue weighted by Gasteiger charge is -2.01. The molecule has 11 heavy (non-hydrogen) atoms. The maximum absolute atomic E-state index is 5.25. The number of halogens is 1. The molecule has 0 atom stereocenters. The number of nitrogens with two attached hydrogens (primary N) is 1. The van der Waals surface area contributed by atoms with Gasteiger partial charge in [-0.3, -0.25) is 0 Å². The van der Waals surface area contributed by atoms with Gasteiger partial charge in [0.15, 0.2) is 0 Å². The smallest absolute Gasteiger partial charge is 0.119 e. The molecule has 2 N–H and O–H groups in total. The van der Waals surface area contributed by atoms with Crippen LogP contribution in [0.2, 0.25) is 0 Å². The minimum atomic E-state index is 0. The molecule has 0 saturated carbocycles. The fourth-order valence-electron chi connectivity index (χ4n) is 0.693. The van der Waals surface area contributed by atoms with Crippen LogP contribution in [0.4, 0.5) is 0 Å². The highest BCUT2D eigenvalue weighted by atomic mass is 127. The van der Waals surface area contributed by atoms with Crippen LogP contribution in [0.25, 0.3) is 0 Å². The Balaban J connectivity index is 0.000001000. The molecule has 0 bridgehead atoms. The molecule has 0 aromatic heterocycles. The molecule has 3 heteroatoms. The van der Waals surface area contributed by atoms with Crippen molar-refractivity contribution in [1.29, 1.82) is 0 Å². The summed E-state index contributed by atoms with van der Waals surface area (Å²) in [5.74, 6) is 0.882. The van der Waals surface area contributed by atoms with Gasteiger partial charge in [-0.05, 0) is 12.1 Å². The third-order valence-corrected chi connectivity index (χ3v) is 1.13. The lowest BCUT2D eigenvalue weighted by molar-refractivity contribution is 0.328. The number of benzene rings is 1. The molecule has 0 fully saturated rings. The van der Waals surface area contributed by atoms with Crippen LogP contribution in [-0.2, 0) is 0 Å². The molecule has 0 aliphatic rings. The summed E-state index contributed by atoms with van der Waals surface area (Å²) in [5.41, 5.74) is 5.25. The van der Waals surface area contributed by atoms with E-state index < -0.39 is 0 Å². The molecule has 62 valence electrons. The molecule has 0 aliphatic heterocycles. The Hall–Kier alpha value is -0.290. The molecular weight excluding hydrogens is 253 g/mol. The third kappa shape index (κ3) is 4.21. The Bertz CT molecular complexity index is 179. The van der Waals surface area contributed by atoms with Crippen molar-refractivity contribution in [3.05, 3.63) is 30.3 Å². The lowest BCUT2D eigenvalue weighted by Crippen LogP contribution is -2.10. The van der Waals surface area contributed by atoms with Gasteiger partial charge in [-0.2, -0.15) is 0 Å². The summed E-state index contributed by atoms with van der Waals surface area (Å²) in [5, 5.41) is 0. The largest absolute Gasteiger partial charge is 0.492 e. The van der Waals surface area contributed by atoms with Crippen LogP contribution in [0.15, 0.2) is 30.3 Å². The van der Waals surface area contributed by atoms with Crippen molar-refractivity contribution in [2.45, 2.75) is 0 Å². The minimum absolute atomic E-state index is 0. The Morgan fingerprint density at radius 3 is 2.36 bits per heavy atom. The zero-order valence-electron chi connectivity index (χ0n) is 6.19. The molecule has 2 nitrogen and oxygen atoms in total. The summed E-state index contributed by atoms with van der Waals surface area (Å²) in [4.78, 5) is 0. The van der Waals surface area contributed by atoms with Gasteiger partial charge in [-0.25, -0.2) is 0 Å².